The van der Waals surface area contributed by atoms with E-state index in [4.69, 9.17) is 16.6 Å². The molecule has 1 fully saturated rings. The van der Waals surface area contributed by atoms with Gasteiger partial charge in [0.15, 0.2) is 0 Å². The van der Waals surface area contributed by atoms with Crippen LogP contribution in [0.15, 0.2) is 48.5 Å². The molecule has 0 spiro atoms. The summed E-state index contributed by atoms with van der Waals surface area (Å²) in [6, 6.07) is 15.2. The number of hydrogen-bond donors (Lipinski definition) is 0. The van der Waals surface area contributed by atoms with Gasteiger partial charge in [0.1, 0.15) is 5.01 Å². The number of hydrogen-bond acceptors (Lipinski definition) is 4. The average Bonchev–Trinajstić information content (AvgIpc) is 3.14. The van der Waals surface area contributed by atoms with Crippen LogP contribution in [0.3, 0.4) is 0 Å². The van der Waals surface area contributed by atoms with Crippen molar-refractivity contribution in [2.75, 3.05) is 26.2 Å². The SMILES string of the molecule is Cc1ccc(C(=O)N2CCN(C(=O)Cc3nc(-c4ccc(Cl)cc4)sc3C)CC2)cc1. The summed E-state index contributed by atoms with van der Waals surface area (Å²) < 4.78 is 0. The van der Waals surface area contributed by atoms with Gasteiger partial charge < -0.3 is 9.80 Å². The zero-order chi connectivity index (χ0) is 22.0. The highest BCUT2D eigenvalue weighted by molar-refractivity contribution is 7.15. The molecule has 1 aliphatic heterocycles. The lowest BCUT2D eigenvalue weighted by atomic mass is 10.1. The van der Waals surface area contributed by atoms with Crippen LogP contribution in [0, 0.1) is 13.8 Å². The van der Waals surface area contributed by atoms with Crippen LogP contribution in [-0.4, -0.2) is 52.8 Å². The molecule has 2 aromatic carbocycles. The fraction of sp³-hybridized carbons (Fsp3) is 0.292. The van der Waals surface area contributed by atoms with E-state index in [2.05, 4.69) is 0 Å². The first-order valence-corrected chi connectivity index (χ1v) is 11.5. The van der Waals surface area contributed by atoms with Crippen LogP contribution in [-0.2, 0) is 11.2 Å². The Morgan fingerprint density at radius 1 is 0.935 bits per heavy atom. The normalized spacial score (nSPS) is 14.0. The molecular weight excluding hydrogens is 430 g/mol. The molecule has 0 radical (unpaired) electrons. The second-order valence-electron chi connectivity index (χ2n) is 7.74. The topological polar surface area (TPSA) is 53.5 Å². The number of amides is 2. The number of aromatic nitrogens is 1. The van der Waals surface area contributed by atoms with E-state index in [0.29, 0.717) is 36.8 Å². The summed E-state index contributed by atoms with van der Waals surface area (Å²) in [4.78, 5) is 35.0. The molecule has 7 heteroatoms. The fourth-order valence-electron chi connectivity index (χ4n) is 3.60. The summed E-state index contributed by atoms with van der Waals surface area (Å²) in [6.07, 6.45) is 0.280. The summed E-state index contributed by atoms with van der Waals surface area (Å²) in [5.74, 6) is 0.0774. The van der Waals surface area contributed by atoms with E-state index < -0.39 is 0 Å². The molecule has 1 aromatic heterocycles. The van der Waals surface area contributed by atoms with E-state index in [1.165, 1.54) is 0 Å². The molecule has 31 heavy (non-hydrogen) atoms. The van der Waals surface area contributed by atoms with Gasteiger partial charge in [-0.1, -0.05) is 41.4 Å². The van der Waals surface area contributed by atoms with Crippen molar-refractivity contribution in [1.29, 1.82) is 0 Å². The third-order valence-corrected chi connectivity index (χ3v) is 6.83. The van der Waals surface area contributed by atoms with Gasteiger partial charge in [-0.2, -0.15) is 0 Å². The van der Waals surface area contributed by atoms with E-state index in [9.17, 15) is 9.59 Å². The highest BCUT2D eigenvalue weighted by atomic mass is 35.5. The number of carbonyl (C=O) groups excluding carboxylic acids is 2. The van der Waals surface area contributed by atoms with Gasteiger partial charge in [-0.05, 0) is 38.1 Å². The molecule has 0 saturated carbocycles. The molecule has 3 aromatic rings. The molecule has 0 bridgehead atoms. The summed E-state index contributed by atoms with van der Waals surface area (Å²) >= 11 is 7.56. The first-order chi connectivity index (χ1) is 14.9. The molecule has 160 valence electrons. The van der Waals surface area contributed by atoms with Gasteiger partial charge in [0.05, 0.1) is 12.1 Å². The molecular formula is C24H24ClN3O2S. The number of halogens is 1. The summed E-state index contributed by atoms with van der Waals surface area (Å²) in [6.45, 7) is 6.18. The maximum Gasteiger partial charge on any atom is 0.253 e. The van der Waals surface area contributed by atoms with Crippen LogP contribution >= 0.6 is 22.9 Å². The second kappa shape index (κ2) is 9.20. The van der Waals surface area contributed by atoms with Crippen molar-refractivity contribution in [3.8, 4) is 10.6 Å². The Bertz CT molecular complexity index is 1090. The quantitative estimate of drug-likeness (QED) is 0.579. The van der Waals surface area contributed by atoms with Crippen LogP contribution in [0.2, 0.25) is 5.02 Å². The molecule has 0 N–H and O–H groups in total. The van der Waals surface area contributed by atoms with Gasteiger partial charge in [-0.3, -0.25) is 9.59 Å². The zero-order valence-corrected chi connectivity index (χ0v) is 19.2. The Hall–Kier alpha value is -2.70. The summed E-state index contributed by atoms with van der Waals surface area (Å²) in [5, 5.41) is 1.58. The highest BCUT2D eigenvalue weighted by Crippen LogP contribution is 2.29. The third-order valence-electron chi connectivity index (χ3n) is 5.52. The number of piperazine rings is 1. The van der Waals surface area contributed by atoms with Gasteiger partial charge in [0.2, 0.25) is 5.91 Å². The minimum Gasteiger partial charge on any atom is -0.339 e. The Kier molecular flexibility index (Phi) is 6.39. The summed E-state index contributed by atoms with van der Waals surface area (Å²) in [7, 11) is 0. The van der Waals surface area contributed by atoms with Crippen molar-refractivity contribution in [2.24, 2.45) is 0 Å². The summed E-state index contributed by atoms with van der Waals surface area (Å²) in [5.41, 5.74) is 3.64. The number of aryl methyl sites for hydroxylation is 2. The van der Waals surface area contributed by atoms with E-state index in [0.717, 1.165) is 26.7 Å². The maximum atomic E-state index is 12.9. The predicted octanol–water partition coefficient (Wildman–Crippen LogP) is 4.61. The van der Waals surface area contributed by atoms with Gasteiger partial charge in [-0.15, -0.1) is 11.3 Å². The Balaban J connectivity index is 1.35. The highest BCUT2D eigenvalue weighted by Gasteiger charge is 2.25. The number of benzene rings is 2. The van der Waals surface area contributed by atoms with Gasteiger partial charge in [0.25, 0.3) is 5.91 Å². The lowest BCUT2D eigenvalue weighted by molar-refractivity contribution is -0.132. The number of nitrogens with zero attached hydrogens (tertiary/aromatic N) is 3. The molecule has 2 heterocycles. The van der Waals surface area contributed by atoms with Crippen LogP contribution < -0.4 is 0 Å². The average molecular weight is 454 g/mol. The largest absolute Gasteiger partial charge is 0.339 e. The lowest BCUT2D eigenvalue weighted by Gasteiger charge is -2.34. The van der Waals surface area contributed by atoms with Crippen LogP contribution in [0.1, 0.15) is 26.5 Å². The molecule has 1 aliphatic rings. The first kappa shape index (κ1) is 21.5. The predicted molar refractivity (Wildman–Crippen MR) is 125 cm³/mol. The van der Waals surface area contributed by atoms with Crippen molar-refractivity contribution in [1.82, 2.24) is 14.8 Å². The lowest BCUT2D eigenvalue weighted by Crippen LogP contribution is -2.51. The first-order valence-electron chi connectivity index (χ1n) is 10.3. The van der Waals surface area contributed by atoms with Crippen LogP contribution in [0.5, 0.6) is 0 Å². The Morgan fingerprint density at radius 2 is 1.55 bits per heavy atom. The van der Waals surface area contributed by atoms with Gasteiger partial charge >= 0.3 is 0 Å². The number of thiazole rings is 1. The van der Waals surface area contributed by atoms with Crippen LogP contribution in [0.4, 0.5) is 0 Å². The minimum atomic E-state index is 0.0232. The van der Waals surface area contributed by atoms with Crippen molar-refractivity contribution in [3.05, 3.63) is 75.3 Å². The second-order valence-corrected chi connectivity index (χ2v) is 9.38. The van der Waals surface area contributed by atoms with Gasteiger partial charge in [-0.25, -0.2) is 4.98 Å². The van der Waals surface area contributed by atoms with Gasteiger partial charge in [0, 0.05) is 47.2 Å². The van der Waals surface area contributed by atoms with Crippen molar-refractivity contribution in [3.63, 3.8) is 0 Å². The van der Waals surface area contributed by atoms with E-state index in [1.54, 1.807) is 11.3 Å². The molecule has 0 aliphatic carbocycles. The number of carbonyl (C=O) groups is 2. The monoisotopic (exact) mass is 453 g/mol. The van der Waals surface area contributed by atoms with Crippen molar-refractivity contribution in [2.45, 2.75) is 20.3 Å². The van der Waals surface area contributed by atoms with Crippen LogP contribution in [0.25, 0.3) is 10.6 Å². The maximum absolute atomic E-state index is 12.9. The molecule has 4 rings (SSSR count). The number of rotatable bonds is 4. The molecule has 1 saturated heterocycles. The van der Waals surface area contributed by atoms with Crippen molar-refractivity contribution >= 4 is 34.8 Å². The van der Waals surface area contributed by atoms with E-state index in [1.807, 2.05) is 72.2 Å². The third kappa shape index (κ3) is 4.97. The fourth-order valence-corrected chi connectivity index (χ4v) is 4.66. The molecule has 0 unspecified atom stereocenters. The smallest absolute Gasteiger partial charge is 0.253 e. The Morgan fingerprint density at radius 3 is 2.19 bits per heavy atom. The zero-order valence-electron chi connectivity index (χ0n) is 17.6. The molecule has 5 nitrogen and oxygen atoms in total. The molecule has 0 atom stereocenters. The van der Waals surface area contributed by atoms with Crippen molar-refractivity contribution < 1.29 is 9.59 Å². The standard InChI is InChI=1S/C24H24ClN3O2S/c1-16-3-5-19(6-4-16)24(30)28-13-11-27(12-14-28)22(29)15-21-17(2)31-23(26-21)18-7-9-20(25)10-8-18/h3-10H,11-15H2,1-2H3. The van der Waals surface area contributed by atoms with E-state index >= 15 is 0 Å². The Labute approximate surface area is 191 Å². The molecule has 2 amide bonds. The van der Waals surface area contributed by atoms with E-state index in [-0.39, 0.29) is 18.2 Å². The minimum absolute atomic E-state index is 0.0232.